The van der Waals surface area contributed by atoms with E-state index in [9.17, 15) is 13.6 Å². The van der Waals surface area contributed by atoms with Crippen molar-refractivity contribution in [3.63, 3.8) is 0 Å². The number of hydrogen-bond acceptors (Lipinski definition) is 6. The normalized spacial score (nSPS) is 21.9. The first kappa shape index (κ1) is 20.4. The Morgan fingerprint density at radius 1 is 1.12 bits per heavy atom. The highest BCUT2D eigenvalue weighted by Crippen LogP contribution is 2.40. The third kappa shape index (κ3) is 3.79. The second-order valence-corrected chi connectivity index (χ2v) is 8.31. The molecule has 3 atom stereocenters. The number of halogens is 2. The summed E-state index contributed by atoms with van der Waals surface area (Å²) in [5, 5.41) is 3.34. The van der Waals surface area contributed by atoms with Crippen LogP contribution in [0.15, 0.2) is 48.9 Å². The molecule has 0 aromatic carbocycles. The first-order valence-electron chi connectivity index (χ1n) is 10.6. The summed E-state index contributed by atoms with van der Waals surface area (Å²) < 4.78 is 25.6. The number of aromatic nitrogens is 4. The van der Waals surface area contributed by atoms with Gasteiger partial charge in [0.25, 0.3) is 12.3 Å². The number of pyridine rings is 2. The van der Waals surface area contributed by atoms with Crippen LogP contribution in [0.2, 0.25) is 0 Å². The van der Waals surface area contributed by atoms with Crippen LogP contribution in [0.1, 0.15) is 40.9 Å². The van der Waals surface area contributed by atoms with Crippen LogP contribution in [0.4, 0.5) is 14.6 Å². The van der Waals surface area contributed by atoms with Crippen LogP contribution in [0, 0.1) is 12.8 Å². The van der Waals surface area contributed by atoms with Crippen LogP contribution in [0.3, 0.4) is 0 Å². The molecule has 1 aliphatic heterocycles. The first-order valence-corrected chi connectivity index (χ1v) is 10.6. The number of nitrogens with one attached hydrogen (secondary N) is 1. The summed E-state index contributed by atoms with van der Waals surface area (Å²) in [6, 6.07) is 8.27. The van der Waals surface area contributed by atoms with Crippen LogP contribution in [-0.4, -0.2) is 49.4 Å². The number of rotatable bonds is 5. The molecule has 0 spiro atoms. The van der Waals surface area contributed by atoms with Gasteiger partial charge in [0.15, 0.2) is 5.82 Å². The van der Waals surface area contributed by atoms with E-state index in [1.54, 1.807) is 30.6 Å². The maximum Gasteiger partial charge on any atom is 0.265 e. The summed E-state index contributed by atoms with van der Waals surface area (Å²) >= 11 is 0. The largest absolute Gasteiger partial charge is 0.365 e. The molecule has 7 nitrogen and oxygen atoms in total. The molecular formula is C23H22F2N6O. The highest BCUT2D eigenvalue weighted by molar-refractivity contribution is 5.99. The zero-order valence-corrected chi connectivity index (χ0v) is 17.4. The molecule has 4 heterocycles. The maximum atomic E-state index is 13.6. The van der Waals surface area contributed by atoms with Crippen molar-refractivity contribution in [2.75, 3.05) is 11.9 Å². The molecule has 3 unspecified atom stereocenters. The quantitative estimate of drug-likeness (QED) is 0.653. The number of likely N-dealkylation sites (tertiary alicyclic amines) is 1. The van der Waals surface area contributed by atoms with Crippen molar-refractivity contribution in [2.45, 2.75) is 38.3 Å². The molecule has 3 aromatic heterocycles. The van der Waals surface area contributed by atoms with E-state index >= 15 is 0 Å². The fourth-order valence-corrected chi connectivity index (χ4v) is 4.70. The molecule has 1 saturated heterocycles. The zero-order chi connectivity index (χ0) is 22.2. The summed E-state index contributed by atoms with van der Waals surface area (Å²) in [7, 11) is 0. The minimum atomic E-state index is -2.54. The van der Waals surface area contributed by atoms with E-state index in [4.69, 9.17) is 0 Å². The number of aryl methyl sites for hydroxylation is 1. The van der Waals surface area contributed by atoms with Crippen LogP contribution in [-0.2, 0) is 0 Å². The minimum absolute atomic E-state index is 0.00470. The molecule has 0 radical (unpaired) electrons. The Labute approximate surface area is 183 Å². The molecule has 5 rings (SSSR count). The SMILES string of the molecule is Cc1ccc(C(=O)N2CC3CC(Nc4ccc(C(F)F)cn4)C2C3)c(-c2ncccn2)n1. The number of amides is 1. The van der Waals surface area contributed by atoms with Crippen molar-refractivity contribution in [2.24, 2.45) is 5.92 Å². The van der Waals surface area contributed by atoms with Gasteiger partial charge in [0, 0.05) is 42.4 Å². The van der Waals surface area contributed by atoms with Gasteiger partial charge in [-0.3, -0.25) is 4.79 Å². The lowest BCUT2D eigenvalue weighted by Gasteiger charge is -2.34. The van der Waals surface area contributed by atoms with E-state index in [1.807, 2.05) is 17.9 Å². The number of nitrogens with zero attached hydrogens (tertiary/aromatic N) is 5. The van der Waals surface area contributed by atoms with Gasteiger partial charge in [0.1, 0.15) is 11.5 Å². The molecule has 164 valence electrons. The molecule has 1 N–H and O–H groups in total. The fraction of sp³-hybridized carbons (Fsp3) is 0.348. The van der Waals surface area contributed by atoms with Gasteiger partial charge in [-0.05, 0) is 56.0 Å². The van der Waals surface area contributed by atoms with Crippen molar-refractivity contribution >= 4 is 11.7 Å². The van der Waals surface area contributed by atoms with Gasteiger partial charge in [-0.2, -0.15) is 0 Å². The molecule has 1 amide bonds. The zero-order valence-electron chi connectivity index (χ0n) is 17.4. The predicted octanol–water partition coefficient (Wildman–Crippen LogP) is 3.89. The minimum Gasteiger partial charge on any atom is -0.365 e. The Morgan fingerprint density at radius 2 is 1.94 bits per heavy atom. The summed E-state index contributed by atoms with van der Waals surface area (Å²) in [5.41, 5.74) is 1.63. The van der Waals surface area contributed by atoms with E-state index in [1.165, 1.54) is 12.3 Å². The van der Waals surface area contributed by atoms with E-state index in [0.29, 0.717) is 35.4 Å². The van der Waals surface area contributed by atoms with Gasteiger partial charge in [-0.1, -0.05) is 0 Å². The van der Waals surface area contributed by atoms with Crippen LogP contribution in [0.25, 0.3) is 11.5 Å². The van der Waals surface area contributed by atoms with Crippen molar-refractivity contribution < 1.29 is 13.6 Å². The van der Waals surface area contributed by atoms with Crippen molar-refractivity contribution in [3.05, 3.63) is 65.7 Å². The van der Waals surface area contributed by atoms with Gasteiger partial charge in [0.05, 0.1) is 11.6 Å². The molecule has 3 aromatic rings. The van der Waals surface area contributed by atoms with Crippen LogP contribution >= 0.6 is 0 Å². The van der Waals surface area contributed by atoms with Gasteiger partial charge in [0.2, 0.25) is 0 Å². The third-order valence-corrected chi connectivity index (χ3v) is 6.16. The number of anilines is 1. The average Bonchev–Trinajstić information content (AvgIpc) is 3.40. The van der Waals surface area contributed by atoms with E-state index in [-0.39, 0.29) is 23.6 Å². The standard InChI is InChI=1S/C23H22F2N6O/c1-13-3-5-16(20(29-13)22-26-7-2-8-27-22)23(32)31-12-14-9-17(18(31)10-14)30-19-6-4-15(11-28-19)21(24)25/h2-8,11,14,17-18,21H,9-10,12H2,1H3,(H,28,30). The lowest BCUT2D eigenvalue weighted by Crippen LogP contribution is -2.48. The van der Waals surface area contributed by atoms with Gasteiger partial charge < -0.3 is 10.2 Å². The maximum absolute atomic E-state index is 13.6. The second-order valence-electron chi connectivity index (χ2n) is 8.31. The van der Waals surface area contributed by atoms with Crippen LogP contribution < -0.4 is 5.32 Å². The molecule has 32 heavy (non-hydrogen) atoms. The Balaban J connectivity index is 1.38. The van der Waals surface area contributed by atoms with E-state index < -0.39 is 6.43 Å². The molecule has 2 aliphatic rings. The number of carbonyl (C=O) groups is 1. The van der Waals surface area contributed by atoms with Crippen LogP contribution in [0.5, 0.6) is 0 Å². The smallest absolute Gasteiger partial charge is 0.265 e. The van der Waals surface area contributed by atoms with Gasteiger partial charge in [-0.25, -0.2) is 28.7 Å². The summed E-state index contributed by atoms with van der Waals surface area (Å²) in [4.78, 5) is 32.7. The van der Waals surface area contributed by atoms with E-state index in [0.717, 1.165) is 18.5 Å². The lowest BCUT2D eigenvalue weighted by atomic mass is 10.0. The molecule has 2 bridgehead atoms. The first-order chi connectivity index (χ1) is 15.5. The summed E-state index contributed by atoms with van der Waals surface area (Å²) in [5.74, 6) is 1.24. The number of alkyl halides is 2. The second kappa shape index (κ2) is 8.22. The topological polar surface area (TPSA) is 83.9 Å². The number of hydrogen-bond donors (Lipinski definition) is 1. The predicted molar refractivity (Wildman–Crippen MR) is 114 cm³/mol. The van der Waals surface area contributed by atoms with Gasteiger partial charge in [-0.15, -0.1) is 0 Å². The fourth-order valence-electron chi connectivity index (χ4n) is 4.70. The third-order valence-electron chi connectivity index (χ3n) is 6.16. The van der Waals surface area contributed by atoms with Crippen molar-refractivity contribution in [1.29, 1.82) is 0 Å². The summed E-state index contributed by atoms with van der Waals surface area (Å²) in [6.45, 7) is 2.55. The molecule has 1 aliphatic carbocycles. The Hall–Kier alpha value is -3.49. The lowest BCUT2D eigenvalue weighted by molar-refractivity contribution is 0.0692. The Bertz CT molecular complexity index is 1130. The molecule has 1 saturated carbocycles. The van der Waals surface area contributed by atoms with Crippen molar-refractivity contribution in [3.8, 4) is 11.5 Å². The number of fused-ring (bicyclic) bond motifs is 2. The van der Waals surface area contributed by atoms with E-state index in [2.05, 4.69) is 25.3 Å². The monoisotopic (exact) mass is 436 g/mol. The van der Waals surface area contributed by atoms with Crippen molar-refractivity contribution in [1.82, 2.24) is 24.8 Å². The highest BCUT2D eigenvalue weighted by Gasteiger charge is 2.47. The Kier molecular flexibility index (Phi) is 5.24. The van der Waals surface area contributed by atoms with Gasteiger partial charge >= 0.3 is 0 Å². The highest BCUT2D eigenvalue weighted by atomic mass is 19.3. The molecule has 2 fully saturated rings. The Morgan fingerprint density at radius 3 is 2.62 bits per heavy atom. The molecular weight excluding hydrogens is 414 g/mol. The number of carbonyl (C=O) groups excluding carboxylic acids is 1. The molecule has 9 heteroatoms. The average molecular weight is 436 g/mol. The summed E-state index contributed by atoms with van der Waals surface area (Å²) in [6.07, 6.45) is 3.71. The number of piperidine rings is 1.